The Bertz CT molecular complexity index is 864. The molecule has 1 N–H and O–H groups in total. The number of amides is 1. The van der Waals surface area contributed by atoms with Crippen LogP contribution in [0.25, 0.3) is 4.96 Å². The maximum atomic E-state index is 12.2. The highest BCUT2D eigenvalue weighted by Gasteiger charge is 2.13. The molecule has 0 fully saturated rings. The molecular weight excluding hydrogens is 314 g/mol. The van der Waals surface area contributed by atoms with Gasteiger partial charge < -0.3 is 10.1 Å². The lowest BCUT2D eigenvalue weighted by Gasteiger charge is -2.05. The van der Waals surface area contributed by atoms with Gasteiger partial charge in [-0.05, 0) is 38.1 Å². The number of hydrogen-bond acceptors (Lipinski definition) is 5. The fraction of sp³-hybridized carbons (Fsp3) is 0.188. The van der Waals surface area contributed by atoms with E-state index >= 15 is 0 Å². The molecule has 6 nitrogen and oxygen atoms in total. The number of aryl methyl sites for hydroxylation is 1. The Kier molecular flexibility index (Phi) is 4.12. The highest BCUT2D eigenvalue weighted by atomic mass is 32.1. The number of carbonyl (C=O) groups is 2. The average molecular weight is 329 g/mol. The summed E-state index contributed by atoms with van der Waals surface area (Å²) in [5.74, 6) is -0.667. The minimum Gasteiger partial charge on any atom is -0.462 e. The molecule has 3 rings (SSSR count). The van der Waals surface area contributed by atoms with Gasteiger partial charge in [0.1, 0.15) is 5.69 Å². The summed E-state index contributed by atoms with van der Waals surface area (Å²) in [5, 5.41) is 4.75. The largest absolute Gasteiger partial charge is 0.462 e. The second kappa shape index (κ2) is 6.21. The number of ether oxygens (including phenoxy) is 1. The molecule has 0 spiro atoms. The molecule has 0 saturated heterocycles. The number of nitrogens with zero attached hydrogens (tertiary/aromatic N) is 2. The second-order valence-electron chi connectivity index (χ2n) is 4.91. The maximum Gasteiger partial charge on any atom is 0.338 e. The van der Waals surface area contributed by atoms with E-state index in [1.54, 1.807) is 37.4 Å². The Hall–Kier alpha value is -2.67. The second-order valence-corrected chi connectivity index (χ2v) is 5.74. The maximum absolute atomic E-state index is 12.2. The molecule has 7 heteroatoms. The number of imidazole rings is 1. The predicted molar refractivity (Wildman–Crippen MR) is 88.2 cm³/mol. The van der Waals surface area contributed by atoms with Gasteiger partial charge in [0.2, 0.25) is 0 Å². The fourth-order valence-electron chi connectivity index (χ4n) is 2.10. The van der Waals surface area contributed by atoms with E-state index < -0.39 is 0 Å². The van der Waals surface area contributed by atoms with Crippen molar-refractivity contribution in [3.05, 3.63) is 52.8 Å². The molecule has 3 aromatic rings. The first kappa shape index (κ1) is 15.2. The number of nitrogens with one attached hydrogen (secondary N) is 1. The van der Waals surface area contributed by atoms with Crippen molar-refractivity contribution in [1.29, 1.82) is 0 Å². The smallest absolute Gasteiger partial charge is 0.338 e. The Morgan fingerprint density at radius 2 is 2.04 bits per heavy atom. The standard InChI is InChI=1S/C16H15N3O3S/c1-3-22-15(21)11-4-6-12(7-5-11)17-14(20)13-8-19-10(2)9-23-16(19)18-13/h4-9H,3H2,1-2H3,(H,17,20). The quantitative estimate of drug-likeness (QED) is 0.746. The molecular formula is C16H15N3O3S. The topological polar surface area (TPSA) is 72.7 Å². The fourth-order valence-corrected chi connectivity index (χ4v) is 2.95. The molecule has 23 heavy (non-hydrogen) atoms. The number of carbonyl (C=O) groups excluding carboxylic acids is 2. The average Bonchev–Trinajstić information content (AvgIpc) is 3.11. The van der Waals surface area contributed by atoms with E-state index in [-0.39, 0.29) is 11.9 Å². The lowest BCUT2D eigenvalue weighted by Crippen LogP contribution is -2.12. The minimum atomic E-state index is -0.379. The van der Waals surface area contributed by atoms with Gasteiger partial charge in [0, 0.05) is 23.0 Å². The van der Waals surface area contributed by atoms with Crippen LogP contribution in [0.1, 0.15) is 33.5 Å². The highest BCUT2D eigenvalue weighted by molar-refractivity contribution is 7.15. The molecule has 2 heterocycles. The molecule has 0 aliphatic rings. The predicted octanol–water partition coefficient (Wildman–Crippen LogP) is 3.13. The Morgan fingerprint density at radius 1 is 1.30 bits per heavy atom. The van der Waals surface area contributed by atoms with E-state index in [4.69, 9.17) is 4.74 Å². The summed E-state index contributed by atoms with van der Waals surface area (Å²) in [6.45, 7) is 4.04. The van der Waals surface area contributed by atoms with E-state index in [1.165, 1.54) is 11.3 Å². The van der Waals surface area contributed by atoms with Crippen molar-refractivity contribution in [1.82, 2.24) is 9.38 Å². The molecule has 0 bridgehead atoms. The van der Waals surface area contributed by atoms with Gasteiger partial charge in [-0.15, -0.1) is 11.3 Å². The summed E-state index contributed by atoms with van der Waals surface area (Å²) in [5.41, 5.74) is 2.43. The first-order valence-corrected chi connectivity index (χ1v) is 7.98. The third-order valence-corrected chi connectivity index (χ3v) is 4.23. The first-order chi connectivity index (χ1) is 11.1. The monoisotopic (exact) mass is 329 g/mol. The Labute approximate surface area is 136 Å². The van der Waals surface area contributed by atoms with E-state index in [2.05, 4.69) is 10.3 Å². The van der Waals surface area contributed by atoms with Crippen LogP contribution in [0.4, 0.5) is 5.69 Å². The van der Waals surface area contributed by atoms with Gasteiger partial charge in [-0.1, -0.05) is 0 Å². The van der Waals surface area contributed by atoms with Crippen LogP contribution in [0.2, 0.25) is 0 Å². The molecule has 118 valence electrons. The molecule has 0 atom stereocenters. The van der Waals surface area contributed by atoms with Crippen molar-refractivity contribution in [3.63, 3.8) is 0 Å². The molecule has 2 aromatic heterocycles. The van der Waals surface area contributed by atoms with E-state index in [0.717, 1.165) is 10.7 Å². The molecule has 0 aliphatic heterocycles. The van der Waals surface area contributed by atoms with Crippen LogP contribution in [-0.4, -0.2) is 27.9 Å². The summed E-state index contributed by atoms with van der Waals surface area (Å²) in [4.78, 5) is 28.9. The van der Waals surface area contributed by atoms with Gasteiger partial charge in [-0.2, -0.15) is 0 Å². The zero-order valence-corrected chi connectivity index (χ0v) is 13.5. The van der Waals surface area contributed by atoms with Gasteiger partial charge in [0.05, 0.1) is 12.2 Å². The molecule has 0 radical (unpaired) electrons. The number of hydrogen-bond donors (Lipinski definition) is 1. The van der Waals surface area contributed by atoms with Crippen LogP contribution < -0.4 is 5.32 Å². The van der Waals surface area contributed by atoms with Crippen LogP contribution >= 0.6 is 11.3 Å². The van der Waals surface area contributed by atoms with Gasteiger partial charge in [0.25, 0.3) is 5.91 Å². The Balaban J connectivity index is 1.73. The van der Waals surface area contributed by atoms with Gasteiger partial charge in [-0.25, -0.2) is 9.78 Å². The third-order valence-electron chi connectivity index (χ3n) is 3.27. The summed E-state index contributed by atoms with van der Waals surface area (Å²) in [6, 6.07) is 6.55. The van der Waals surface area contributed by atoms with Crippen molar-refractivity contribution in [3.8, 4) is 0 Å². The number of aromatic nitrogens is 2. The number of fused-ring (bicyclic) bond motifs is 1. The van der Waals surface area contributed by atoms with Crippen LogP contribution in [0.15, 0.2) is 35.8 Å². The minimum absolute atomic E-state index is 0.288. The van der Waals surface area contributed by atoms with Crippen molar-refractivity contribution < 1.29 is 14.3 Å². The van der Waals surface area contributed by atoms with Gasteiger partial charge in [-0.3, -0.25) is 9.20 Å². The third kappa shape index (κ3) is 3.09. The van der Waals surface area contributed by atoms with Crippen LogP contribution in [0.3, 0.4) is 0 Å². The zero-order chi connectivity index (χ0) is 16.4. The molecule has 0 saturated carbocycles. The van der Waals surface area contributed by atoms with Crippen molar-refractivity contribution in [2.45, 2.75) is 13.8 Å². The van der Waals surface area contributed by atoms with Crippen LogP contribution in [-0.2, 0) is 4.74 Å². The van der Waals surface area contributed by atoms with Crippen LogP contribution in [0.5, 0.6) is 0 Å². The molecule has 1 aromatic carbocycles. The van der Waals surface area contributed by atoms with Crippen molar-refractivity contribution in [2.75, 3.05) is 11.9 Å². The summed E-state index contributed by atoms with van der Waals surface area (Å²) in [6.07, 6.45) is 1.71. The highest BCUT2D eigenvalue weighted by Crippen LogP contribution is 2.17. The number of esters is 1. The molecule has 1 amide bonds. The first-order valence-electron chi connectivity index (χ1n) is 7.10. The van der Waals surface area contributed by atoms with E-state index in [9.17, 15) is 9.59 Å². The van der Waals surface area contributed by atoms with Gasteiger partial charge >= 0.3 is 5.97 Å². The number of anilines is 1. The zero-order valence-electron chi connectivity index (χ0n) is 12.7. The molecule has 0 unspecified atom stereocenters. The lowest BCUT2D eigenvalue weighted by molar-refractivity contribution is 0.0526. The van der Waals surface area contributed by atoms with Crippen molar-refractivity contribution >= 4 is 33.9 Å². The summed E-state index contributed by atoms with van der Waals surface area (Å²) < 4.78 is 6.79. The SMILES string of the molecule is CCOC(=O)c1ccc(NC(=O)c2cn3c(C)csc3n2)cc1. The summed E-state index contributed by atoms with van der Waals surface area (Å²) in [7, 11) is 0. The molecule has 0 aliphatic carbocycles. The normalized spacial score (nSPS) is 10.7. The van der Waals surface area contributed by atoms with E-state index in [1.807, 2.05) is 16.7 Å². The van der Waals surface area contributed by atoms with Gasteiger partial charge in [0.15, 0.2) is 4.96 Å². The Morgan fingerprint density at radius 3 is 2.70 bits per heavy atom. The summed E-state index contributed by atoms with van der Waals surface area (Å²) >= 11 is 1.49. The lowest BCUT2D eigenvalue weighted by atomic mass is 10.2. The number of rotatable bonds is 4. The van der Waals surface area contributed by atoms with E-state index in [0.29, 0.717) is 23.6 Å². The van der Waals surface area contributed by atoms with Crippen molar-refractivity contribution in [2.24, 2.45) is 0 Å². The number of thiazole rings is 1. The number of benzene rings is 1. The van der Waals surface area contributed by atoms with Crippen LogP contribution in [0, 0.1) is 6.92 Å².